The number of rotatable bonds is 9. The maximum Gasteiger partial charge on any atom is 0.191 e. The molecule has 33 heavy (non-hydrogen) atoms. The standard InChI is InChI=1S/C26H29N5O2/c1-31-19-22(25(30-31)21-7-4-3-5-8-21)18-29-26(27-15-14-24-9-6-16-33-24)28-17-20-10-12-23(32-2)13-11-20/h3-13,16,19H,14-15,17-18H2,1-2H3,(H2,27,28,29). The number of methoxy groups -OCH3 is 1. The van der Waals surface area contributed by atoms with Gasteiger partial charge in [-0.2, -0.15) is 5.10 Å². The van der Waals surface area contributed by atoms with Crippen LogP contribution in [0, 0.1) is 0 Å². The fourth-order valence-electron chi connectivity index (χ4n) is 3.52. The Kier molecular flexibility index (Phi) is 7.43. The number of nitrogens with zero attached hydrogens (tertiary/aromatic N) is 3. The normalized spacial score (nSPS) is 11.4. The highest BCUT2D eigenvalue weighted by molar-refractivity contribution is 5.80. The Bertz CT molecular complexity index is 1150. The third kappa shape index (κ3) is 6.26. The van der Waals surface area contributed by atoms with Crippen molar-refractivity contribution in [3.8, 4) is 17.0 Å². The Balaban J connectivity index is 1.45. The van der Waals surface area contributed by atoms with Crippen LogP contribution in [0.15, 0.2) is 88.6 Å². The molecule has 0 spiro atoms. The maximum absolute atomic E-state index is 5.44. The van der Waals surface area contributed by atoms with Crippen LogP contribution in [0.2, 0.25) is 0 Å². The van der Waals surface area contributed by atoms with E-state index in [2.05, 4.69) is 27.9 Å². The van der Waals surface area contributed by atoms with Crippen LogP contribution in [0.5, 0.6) is 5.75 Å². The molecule has 0 saturated heterocycles. The number of nitrogens with one attached hydrogen (secondary N) is 2. The number of aryl methyl sites for hydroxylation is 1. The topological polar surface area (TPSA) is 76.6 Å². The molecule has 0 aliphatic rings. The lowest BCUT2D eigenvalue weighted by atomic mass is 10.1. The van der Waals surface area contributed by atoms with E-state index in [0.29, 0.717) is 19.6 Å². The number of benzene rings is 2. The lowest BCUT2D eigenvalue weighted by Gasteiger charge is -2.13. The van der Waals surface area contributed by atoms with E-state index in [4.69, 9.17) is 14.1 Å². The number of furan rings is 1. The summed E-state index contributed by atoms with van der Waals surface area (Å²) in [6.45, 7) is 1.87. The van der Waals surface area contributed by atoms with Gasteiger partial charge in [0.25, 0.3) is 0 Å². The third-order valence-corrected chi connectivity index (χ3v) is 5.22. The summed E-state index contributed by atoms with van der Waals surface area (Å²) >= 11 is 0. The molecule has 7 heteroatoms. The Morgan fingerprint density at radius 3 is 2.58 bits per heavy atom. The highest BCUT2D eigenvalue weighted by atomic mass is 16.5. The summed E-state index contributed by atoms with van der Waals surface area (Å²) in [4.78, 5) is 4.79. The van der Waals surface area contributed by atoms with Crippen LogP contribution in [0.25, 0.3) is 11.3 Å². The molecule has 0 radical (unpaired) electrons. The molecule has 0 fully saturated rings. The number of guanidine groups is 1. The first kappa shape index (κ1) is 22.2. The maximum atomic E-state index is 5.44. The van der Waals surface area contributed by atoms with Crippen molar-refractivity contribution in [3.05, 3.63) is 96.1 Å². The fraction of sp³-hybridized carbons (Fsp3) is 0.231. The first-order chi connectivity index (χ1) is 16.2. The second-order valence-corrected chi connectivity index (χ2v) is 7.67. The molecule has 2 N–H and O–H groups in total. The fourth-order valence-corrected chi connectivity index (χ4v) is 3.52. The Hall–Kier alpha value is -4.00. The number of aromatic nitrogens is 2. The highest BCUT2D eigenvalue weighted by Gasteiger charge is 2.11. The van der Waals surface area contributed by atoms with Crippen molar-refractivity contribution < 1.29 is 9.15 Å². The molecule has 0 amide bonds. The van der Waals surface area contributed by atoms with Crippen LogP contribution in [0.1, 0.15) is 16.9 Å². The van der Waals surface area contributed by atoms with E-state index >= 15 is 0 Å². The first-order valence-corrected chi connectivity index (χ1v) is 11.0. The zero-order valence-electron chi connectivity index (χ0n) is 19.0. The molecule has 4 aromatic rings. The van der Waals surface area contributed by atoms with Gasteiger partial charge in [-0.25, -0.2) is 4.99 Å². The molecule has 0 atom stereocenters. The molecular formula is C26H29N5O2. The minimum absolute atomic E-state index is 0.554. The van der Waals surface area contributed by atoms with Crippen LogP contribution in [0.4, 0.5) is 0 Å². The second kappa shape index (κ2) is 11.0. The van der Waals surface area contributed by atoms with Crippen LogP contribution in [-0.4, -0.2) is 29.4 Å². The van der Waals surface area contributed by atoms with Crippen LogP contribution < -0.4 is 15.4 Å². The largest absolute Gasteiger partial charge is 0.497 e. The van der Waals surface area contributed by atoms with Gasteiger partial charge in [-0.05, 0) is 29.8 Å². The molecule has 2 heterocycles. The zero-order chi connectivity index (χ0) is 22.9. The molecule has 0 saturated carbocycles. The molecular weight excluding hydrogens is 414 g/mol. The van der Waals surface area contributed by atoms with Gasteiger partial charge in [0.2, 0.25) is 0 Å². The number of hydrogen-bond donors (Lipinski definition) is 2. The molecule has 2 aromatic carbocycles. The van der Waals surface area contributed by atoms with Crippen LogP contribution in [0.3, 0.4) is 0 Å². The second-order valence-electron chi connectivity index (χ2n) is 7.67. The van der Waals surface area contributed by atoms with E-state index < -0.39 is 0 Å². The number of hydrogen-bond acceptors (Lipinski definition) is 4. The third-order valence-electron chi connectivity index (χ3n) is 5.22. The molecule has 170 valence electrons. The summed E-state index contributed by atoms with van der Waals surface area (Å²) in [5.41, 5.74) is 4.27. The lowest BCUT2D eigenvalue weighted by Crippen LogP contribution is -2.38. The van der Waals surface area contributed by atoms with Crippen LogP contribution in [-0.2, 0) is 26.6 Å². The van der Waals surface area contributed by atoms with Gasteiger partial charge in [-0.3, -0.25) is 4.68 Å². The average Bonchev–Trinajstić information content (AvgIpc) is 3.51. The molecule has 0 aliphatic heterocycles. The van der Waals surface area contributed by atoms with Gasteiger partial charge in [-0.15, -0.1) is 0 Å². The van der Waals surface area contributed by atoms with Crippen molar-refractivity contribution in [2.45, 2.75) is 19.5 Å². The van der Waals surface area contributed by atoms with Crippen molar-refractivity contribution in [1.29, 1.82) is 0 Å². The molecule has 0 unspecified atom stereocenters. The van der Waals surface area contributed by atoms with E-state index in [1.54, 1.807) is 13.4 Å². The van der Waals surface area contributed by atoms with Gasteiger partial charge in [0.1, 0.15) is 11.5 Å². The van der Waals surface area contributed by atoms with Crippen molar-refractivity contribution in [1.82, 2.24) is 20.4 Å². The Morgan fingerprint density at radius 1 is 1.03 bits per heavy atom. The first-order valence-electron chi connectivity index (χ1n) is 11.0. The summed E-state index contributed by atoms with van der Waals surface area (Å²) < 4.78 is 12.5. The Morgan fingerprint density at radius 2 is 1.85 bits per heavy atom. The minimum Gasteiger partial charge on any atom is -0.497 e. The van der Waals surface area contributed by atoms with E-state index in [0.717, 1.165) is 46.3 Å². The van der Waals surface area contributed by atoms with Crippen molar-refractivity contribution in [2.75, 3.05) is 13.7 Å². The number of aliphatic imine (C=N–C) groups is 1. The van der Waals surface area contributed by atoms with Crippen molar-refractivity contribution >= 4 is 5.96 Å². The zero-order valence-corrected chi connectivity index (χ0v) is 19.0. The summed E-state index contributed by atoms with van der Waals surface area (Å²) in [5.74, 6) is 2.51. The SMILES string of the molecule is COc1ccc(CN=C(NCCc2ccco2)NCc2cn(C)nc2-c2ccccc2)cc1. The summed E-state index contributed by atoms with van der Waals surface area (Å²) in [7, 11) is 3.61. The highest BCUT2D eigenvalue weighted by Crippen LogP contribution is 2.21. The minimum atomic E-state index is 0.554. The molecule has 4 rings (SSSR count). The smallest absolute Gasteiger partial charge is 0.191 e. The predicted octanol–water partition coefficient (Wildman–Crippen LogP) is 4.17. The van der Waals surface area contributed by atoms with Gasteiger partial charge in [-0.1, -0.05) is 42.5 Å². The van der Waals surface area contributed by atoms with E-state index in [1.165, 1.54) is 0 Å². The Labute approximate surface area is 194 Å². The van der Waals surface area contributed by atoms with Gasteiger partial charge in [0.15, 0.2) is 5.96 Å². The summed E-state index contributed by atoms with van der Waals surface area (Å²) in [6, 6.07) is 22.0. The predicted molar refractivity (Wildman–Crippen MR) is 130 cm³/mol. The average molecular weight is 444 g/mol. The monoisotopic (exact) mass is 443 g/mol. The molecule has 2 aromatic heterocycles. The van der Waals surface area contributed by atoms with Crippen molar-refractivity contribution in [3.63, 3.8) is 0 Å². The quantitative estimate of drug-likeness (QED) is 0.300. The summed E-state index contributed by atoms with van der Waals surface area (Å²) in [5, 5.41) is 11.5. The molecule has 0 aliphatic carbocycles. The van der Waals surface area contributed by atoms with Gasteiger partial charge in [0.05, 0.1) is 25.6 Å². The van der Waals surface area contributed by atoms with Crippen LogP contribution >= 0.6 is 0 Å². The molecule has 0 bridgehead atoms. The summed E-state index contributed by atoms with van der Waals surface area (Å²) in [6.07, 6.45) is 4.51. The lowest BCUT2D eigenvalue weighted by molar-refractivity contribution is 0.414. The molecule has 7 nitrogen and oxygen atoms in total. The number of ether oxygens (including phenoxy) is 1. The van der Waals surface area contributed by atoms with Crippen molar-refractivity contribution in [2.24, 2.45) is 12.0 Å². The van der Waals surface area contributed by atoms with Gasteiger partial charge < -0.3 is 19.8 Å². The van der Waals surface area contributed by atoms with Gasteiger partial charge in [0, 0.05) is 43.9 Å². The van der Waals surface area contributed by atoms with E-state index in [-0.39, 0.29) is 0 Å². The van der Waals surface area contributed by atoms with Gasteiger partial charge >= 0.3 is 0 Å². The van der Waals surface area contributed by atoms with E-state index in [1.807, 2.05) is 72.5 Å². The van der Waals surface area contributed by atoms with E-state index in [9.17, 15) is 0 Å².